The van der Waals surface area contributed by atoms with Crippen molar-refractivity contribution in [2.75, 3.05) is 63.2 Å². The van der Waals surface area contributed by atoms with Crippen LogP contribution in [0.1, 0.15) is 69.2 Å². The minimum atomic E-state index is -0.657. The van der Waals surface area contributed by atoms with E-state index in [0.29, 0.717) is 0 Å². The predicted octanol–water partition coefficient (Wildman–Crippen LogP) is 2.41. The number of methoxy groups -OCH3 is 4. The molecule has 17 nitrogen and oxygen atoms in total. The molecule has 0 saturated heterocycles. The van der Waals surface area contributed by atoms with E-state index in [1.807, 2.05) is 13.8 Å². The molecular formula is C29H58N2O15. The Labute approximate surface area is 274 Å². The number of carbonyl (C=O) groups excluding carboxylic acids is 8. The highest BCUT2D eigenvalue weighted by atomic mass is 16.7. The third-order valence-corrected chi connectivity index (χ3v) is 3.46. The third kappa shape index (κ3) is 97.5. The van der Waals surface area contributed by atoms with E-state index < -0.39 is 6.16 Å². The zero-order chi connectivity index (χ0) is 38.6. The Bertz CT molecular complexity index is 802. The summed E-state index contributed by atoms with van der Waals surface area (Å²) >= 11 is 0. The zero-order valence-electron chi connectivity index (χ0n) is 30.9. The fourth-order valence-corrected chi connectivity index (χ4v) is 0.967. The van der Waals surface area contributed by atoms with Crippen molar-refractivity contribution in [3.05, 3.63) is 0 Å². The van der Waals surface area contributed by atoms with Crippen molar-refractivity contribution in [3.8, 4) is 0 Å². The number of esters is 5. The average Bonchev–Trinajstić information content (AvgIpc) is 2.92. The first-order valence-corrected chi connectivity index (χ1v) is 13.3. The molecule has 17 heteroatoms. The second kappa shape index (κ2) is 40.6. The standard InChI is InChI=1S/C7H12O4.C5H10O2.2C4H9NO.C3H6O3.2C3H6O2/c1-5(11-7(3)9)4-10-6(2)8;1-4(2)7-5(3)6;2*1-4(6)5(2)3;1-5-3(4)6-2;2*1-3(4)5-2/h5H,4H2,1-3H3;4H,1-3H3;2*1-3H3;1-2H3;2*1-2H3. The average molecular weight is 675 g/mol. The van der Waals surface area contributed by atoms with E-state index in [1.165, 1.54) is 86.7 Å². The van der Waals surface area contributed by atoms with Crippen LogP contribution in [-0.2, 0) is 66.7 Å². The Kier molecular flexibility index (Phi) is 50.5. The van der Waals surface area contributed by atoms with Gasteiger partial charge in [-0.05, 0) is 20.8 Å². The first-order valence-electron chi connectivity index (χ1n) is 13.3. The van der Waals surface area contributed by atoms with Gasteiger partial charge >= 0.3 is 36.0 Å². The molecule has 0 aromatic carbocycles. The van der Waals surface area contributed by atoms with Crippen LogP contribution in [0.25, 0.3) is 0 Å². The molecule has 1 atom stereocenters. The second-order valence-corrected chi connectivity index (χ2v) is 8.76. The molecule has 0 aromatic heterocycles. The van der Waals surface area contributed by atoms with Crippen LogP contribution in [0.2, 0.25) is 0 Å². The number of ether oxygens (including phenoxy) is 7. The van der Waals surface area contributed by atoms with E-state index in [-0.39, 0.29) is 60.5 Å². The van der Waals surface area contributed by atoms with Crippen LogP contribution in [0, 0.1) is 0 Å². The summed E-state index contributed by atoms with van der Waals surface area (Å²) in [4.78, 5) is 82.8. The Morgan fingerprint density at radius 1 is 0.478 bits per heavy atom. The number of amides is 2. The maximum absolute atomic E-state index is 10.3. The molecule has 0 saturated carbocycles. The molecule has 0 aliphatic heterocycles. The lowest BCUT2D eigenvalue weighted by Crippen LogP contribution is -2.19. The van der Waals surface area contributed by atoms with Gasteiger partial charge in [-0.25, -0.2) is 4.79 Å². The minimum absolute atomic E-state index is 0.0255. The molecule has 2 amide bonds. The molecule has 274 valence electrons. The van der Waals surface area contributed by atoms with Crippen molar-refractivity contribution in [1.82, 2.24) is 9.80 Å². The maximum atomic E-state index is 10.3. The quantitative estimate of drug-likeness (QED) is 0.310. The smallest absolute Gasteiger partial charge is 0.469 e. The van der Waals surface area contributed by atoms with Crippen molar-refractivity contribution in [2.45, 2.75) is 81.4 Å². The number of carbonyl (C=O) groups is 8. The van der Waals surface area contributed by atoms with E-state index in [2.05, 4.69) is 33.2 Å². The highest BCUT2D eigenvalue weighted by molar-refractivity contribution is 5.72. The number of hydrogen-bond donors (Lipinski definition) is 0. The summed E-state index contributed by atoms with van der Waals surface area (Å²) in [5.41, 5.74) is 0. The summed E-state index contributed by atoms with van der Waals surface area (Å²) in [5.74, 6) is -1.26. The Hall–Kier alpha value is -4.44. The third-order valence-electron chi connectivity index (χ3n) is 3.46. The molecule has 0 aliphatic rings. The Morgan fingerprint density at radius 3 is 0.826 bits per heavy atom. The van der Waals surface area contributed by atoms with Gasteiger partial charge in [-0.3, -0.25) is 33.6 Å². The van der Waals surface area contributed by atoms with Crippen LogP contribution in [0.4, 0.5) is 4.79 Å². The van der Waals surface area contributed by atoms with Crippen molar-refractivity contribution in [1.29, 1.82) is 0 Å². The van der Waals surface area contributed by atoms with Crippen LogP contribution in [0.5, 0.6) is 0 Å². The van der Waals surface area contributed by atoms with Crippen molar-refractivity contribution in [3.63, 3.8) is 0 Å². The van der Waals surface area contributed by atoms with Gasteiger partial charge in [-0.1, -0.05) is 0 Å². The summed E-state index contributed by atoms with van der Waals surface area (Å²) in [6.45, 7) is 15.2. The Balaban J connectivity index is -0.0000000788. The molecule has 0 spiro atoms. The van der Waals surface area contributed by atoms with Crippen molar-refractivity contribution >= 4 is 47.8 Å². The molecule has 1 unspecified atom stereocenters. The van der Waals surface area contributed by atoms with E-state index in [9.17, 15) is 38.4 Å². The SMILES string of the molecule is CC(=O)N(C)C.CC(=O)N(C)C.CC(=O)OC(C)C.CC(=O)OCC(C)OC(C)=O.COC(=O)OC.COC(C)=O.COC(C)=O. The van der Waals surface area contributed by atoms with Crippen molar-refractivity contribution < 1.29 is 71.5 Å². The molecular weight excluding hydrogens is 616 g/mol. The lowest BCUT2D eigenvalue weighted by molar-refractivity contribution is -0.155. The molecule has 0 bridgehead atoms. The van der Waals surface area contributed by atoms with Gasteiger partial charge in [0.1, 0.15) is 12.7 Å². The highest BCUT2D eigenvalue weighted by Crippen LogP contribution is 1.92. The van der Waals surface area contributed by atoms with Crippen LogP contribution in [0.3, 0.4) is 0 Å². The lowest BCUT2D eigenvalue weighted by Gasteiger charge is -2.10. The topological polar surface area (TPSA) is 208 Å². The van der Waals surface area contributed by atoms with Crippen LogP contribution in [0.15, 0.2) is 0 Å². The fraction of sp³-hybridized carbons (Fsp3) is 0.724. The van der Waals surface area contributed by atoms with Gasteiger partial charge < -0.3 is 43.0 Å². The largest absolute Gasteiger partial charge is 0.507 e. The Morgan fingerprint density at radius 2 is 0.739 bits per heavy atom. The molecule has 0 heterocycles. The minimum Gasteiger partial charge on any atom is -0.469 e. The second-order valence-electron chi connectivity index (χ2n) is 8.76. The van der Waals surface area contributed by atoms with Gasteiger partial charge in [0, 0.05) is 76.7 Å². The zero-order valence-corrected chi connectivity index (χ0v) is 30.9. The summed E-state index contributed by atoms with van der Waals surface area (Å²) in [6, 6.07) is 0. The molecule has 0 N–H and O–H groups in total. The molecule has 0 aromatic rings. The van der Waals surface area contributed by atoms with Gasteiger partial charge in [0.2, 0.25) is 11.8 Å². The monoisotopic (exact) mass is 674 g/mol. The molecule has 0 radical (unpaired) electrons. The maximum Gasteiger partial charge on any atom is 0.507 e. The van der Waals surface area contributed by atoms with Gasteiger partial charge in [0.05, 0.1) is 34.5 Å². The summed E-state index contributed by atoms with van der Waals surface area (Å²) in [6.07, 6.45) is -0.996. The normalized spacial score (nSPS) is 8.67. The molecule has 0 aliphatic carbocycles. The first kappa shape index (κ1) is 57.2. The predicted molar refractivity (Wildman–Crippen MR) is 168 cm³/mol. The van der Waals surface area contributed by atoms with Gasteiger partial charge in [0.15, 0.2) is 0 Å². The molecule has 46 heavy (non-hydrogen) atoms. The summed E-state index contributed by atoms with van der Waals surface area (Å²) < 4.78 is 30.2. The van der Waals surface area contributed by atoms with E-state index >= 15 is 0 Å². The van der Waals surface area contributed by atoms with E-state index in [0.717, 1.165) is 0 Å². The highest BCUT2D eigenvalue weighted by Gasteiger charge is 2.06. The van der Waals surface area contributed by atoms with Crippen LogP contribution < -0.4 is 0 Å². The van der Waals surface area contributed by atoms with Gasteiger partial charge in [-0.2, -0.15) is 0 Å². The summed E-state index contributed by atoms with van der Waals surface area (Å²) in [7, 11) is 12.1. The van der Waals surface area contributed by atoms with Crippen molar-refractivity contribution in [2.24, 2.45) is 0 Å². The van der Waals surface area contributed by atoms with Gasteiger partial charge in [0.25, 0.3) is 0 Å². The number of nitrogens with zero attached hydrogens (tertiary/aromatic N) is 2. The number of hydrogen-bond acceptors (Lipinski definition) is 15. The molecule has 0 rings (SSSR count). The fourth-order valence-electron chi connectivity index (χ4n) is 0.967. The van der Waals surface area contributed by atoms with E-state index in [1.54, 1.807) is 35.1 Å². The van der Waals surface area contributed by atoms with Gasteiger partial charge in [-0.15, -0.1) is 0 Å². The summed E-state index contributed by atoms with van der Waals surface area (Å²) in [5, 5.41) is 0. The van der Waals surface area contributed by atoms with Crippen LogP contribution >= 0.6 is 0 Å². The first-order chi connectivity index (χ1) is 20.8. The molecule has 0 fully saturated rings. The van der Waals surface area contributed by atoms with E-state index in [4.69, 9.17) is 0 Å². The van der Waals surface area contributed by atoms with Crippen LogP contribution in [-0.4, -0.2) is 133 Å². The number of rotatable bonds is 4. The lowest BCUT2D eigenvalue weighted by atomic mass is 10.4.